The molecular weight excluding hydrogens is 298 g/mol. The third-order valence-electron chi connectivity index (χ3n) is 4.58. The summed E-state index contributed by atoms with van der Waals surface area (Å²) in [6, 6.07) is 6.64. The van der Waals surface area contributed by atoms with Gasteiger partial charge in [-0.3, -0.25) is 4.79 Å². The van der Waals surface area contributed by atoms with Gasteiger partial charge in [0, 0.05) is 45.0 Å². The molecule has 0 fully saturated rings. The van der Waals surface area contributed by atoms with E-state index in [-0.39, 0.29) is 11.9 Å². The van der Waals surface area contributed by atoms with Crippen molar-refractivity contribution in [2.24, 2.45) is 0 Å². The van der Waals surface area contributed by atoms with E-state index in [4.69, 9.17) is 0 Å². The lowest BCUT2D eigenvalue weighted by atomic mass is 9.93. The van der Waals surface area contributed by atoms with Crippen LogP contribution in [0.4, 0.5) is 5.69 Å². The molecule has 2 rings (SSSR count). The van der Waals surface area contributed by atoms with Gasteiger partial charge in [-0.05, 0) is 55.6 Å². The highest BCUT2D eigenvalue weighted by Crippen LogP contribution is 2.33. The van der Waals surface area contributed by atoms with Crippen LogP contribution < -0.4 is 10.2 Å². The summed E-state index contributed by atoms with van der Waals surface area (Å²) in [5.41, 5.74) is 4.55. The first kappa shape index (κ1) is 18.3. The summed E-state index contributed by atoms with van der Waals surface area (Å²) in [5.74, 6) is 0.113. The third-order valence-corrected chi connectivity index (χ3v) is 4.58. The molecule has 0 saturated heterocycles. The van der Waals surface area contributed by atoms with Crippen molar-refractivity contribution in [2.75, 3.05) is 32.1 Å². The number of anilines is 1. The van der Waals surface area contributed by atoms with Crippen molar-refractivity contribution in [3.63, 3.8) is 0 Å². The number of allylic oxidation sites excluding steroid dienone is 2. The first-order valence-electron chi connectivity index (χ1n) is 8.60. The van der Waals surface area contributed by atoms with Crippen LogP contribution in [0.25, 0.3) is 5.57 Å². The lowest BCUT2D eigenvalue weighted by molar-refractivity contribution is -0.117. The molecule has 4 heteroatoms. The monoisotopic (exact) mass is 327 g/mol. The number of aryl methyl sites for hydroxylation is 1. The number of carbonyl (C=O) groups excluding carboxylic acids is 1. The van der Waals surface area contributed by atoms with E-state index < -0.39 is 0 Å². The Balaban J connectivity index is 2.31. The standard InChI is InChI=1S/C20H29N3O/c1-6-17(14-22(5)12-11-21-4)18-9-10-20-19(13-18)8-7-15(2)23(20)16(3)24/h6,9-10,13-15,21H,1,7-8,11-12H2,2-5H3/b17-14+/t15-/m0/s1. The third kappa shape index (κ3) is 4.06. The molecule has 1 amide bonds. The molecule has 1 heterocycles. The van der Waals surface area contributed by atoms with E-state index in [0.29, 0.717) is 0 Å². The molecule has 4 nitrogen and oxygen atoms in total. The number of likely N-dealkylation sites (N-methyl/N-ethyl adjacent to an activating group) is 2. The van der Waals surface area contributed by atoms with Crippen LogP contribution in [0.3, 0.4) is 0 Å². The predicted molar refractivity (Wildman–Crippen MR) is 102 cm³/mol. The Morgan fingerprint density at radius 1 is 1.50 bits per heavy atom. The van der Waals surface area contributed by atoms with E-state index in [1.165, 1.54) is 5.56 Å². The van der Waals surface area contributed by atoms with E-state index >= 15 is 0 Å². The second-order valence-corrected chi connectivity index (χ2v) is 6.49. The molecule has 1 aliphatic heterocycles. The maximum atomic E-state index is 12.0. The van der Waals surface area contributed by atoms with Crippen LogP contribution >= 0.6 is 0 Å². The van der Waals surface area contributed by atoms with Crippen molar-refractivity contribution in [1.82, 2.24) is 10.2 Å². The van der Waals surface area contributed by atoms with Gasteiger partial charge in [0.05, 0.1) is 0 Å². The van der Waals surface area contributed by atoms with Crippen LogP contribution in [0.15, 0.2) is 37.1 Å². The van der Waals surface area contributed by atoms with E-state index in [0.717, 1.165) is 42.8 Å². The van der Waals surface area contributed by atoms with Crippen molar-refractivity contribution in [3.8, 4) is 0 Å². The number of rotatable bonds is 6. The fourth-order valence-corrected chi connectivity index (χ4v) is 3.25. The quantitative estimate of drug-likeness (QED) is 0.816. The van der Waals surface area contributed by atoms with Gasteiger partial charge in [0.15, 0.2) is 0 Å². The Kier molecular flexibility index (Phi) is 6.21. The van der Waals surface area contributed by atoms with Crippen molar-refractivity contribution in [3.05, 3.63) is 48.2 Å². The minimum Gasteiger partial charge on any atom is -0.379 e. The Morgan fingerprint density at radius 2 is 2.25 bits per heavy atom. The van der Waals surface area contributed by atoms with Gasteiger partial charge in [-0.15, -0.1) is 0 Å². The molecule has 0 spiro atoms. The summed E-state index contributed by atoms with van der Waals surface area (Å²) in [4.78, 5) is 16.1. The molecule has 1 atom stereocenters. The number of benzene rings is 1. The minimum absolute atomic E-state index is 0.113. The summed E-state index contributed by atoms with van der Waals surface area (Å²) in [6.07, 6.45) is 6.03. The first-order valence-corrected chi connectivity index (χ1v) is 8.60. The van der Waals surface area contributed by atoms with Crippen molar-refractivity contribution in [1.29, 1.82) is 0 Å². The molecule has 0 aliphatic carbocycles. The van der Waals surface area contributed by atoms with Gasteiger partial charge in [-0.25, -0.2) is 0 Å². The highest BCUT2D eigenvalue weighted by atomic mass is 16.2. The van der Waals surface area contributed by atoms with Gasteiger partial charge >= 0.3 is 0 Å². The van der Waals surface area contributed by atoms with Gasteiger partial charge in [0.25, 0.3) is 0 Å². The fourth-order valence-electron chi connectivity index (χ4n) is 3.25. The molecule has 1 N–H and O–H groups in total. The van der Waals surface area contributed by atoms with Crippen LogP contribution in [-0.2, 0) is 11.2 Å². The fraction of sp³-hybridized carbons (Fsp3) is 0.450. The predicted octanol–water partition coefficient (Wildman–Crippen LogP) is 3.05. The second-order valence-electron chi connectivity index (χ2n) is 6.49. The van der Waals surface area contributed by atoms with Crippen LogP contribution in [0, 0.1) is 0 Å². The zero-order valence-electron chi connectivity index (χ0n) is 15.3. The van der Waals surface area contributed by atoms with Gasteiger partial charge in [0.1, 0.15) is 0 Å². The van der Waals surface area contributed by atoms with Crippen molar-refractivity contribution < 1.29 is 4.79 Å². The van der Waals surface area contributed by atoms with Gasteiger partial charge in [-0.2, -0.15) is 0 Å². The van der Waals surface area contributed by atoms with Crippen molar-refractivity contribution in [2.45, 2.75) is 32.7 Å². The molecule has 0 radical (unpaired) electrons. The summed E-state index contributed by atoms with van der Waals surface area (Å²) >= 11 is 0. The smallest absolute Gasteiger partial charge is 0.224 e. The SMILES string of the molecule is C=C/C(=C\N(C)CCNC)c1ccc2c(c1)CC[C@H](C)N2C(C)=O. The summed E-state index contributed by atoms with van der Waals surface area (Å²) < 4.78 is 0. The van der Waals surface area contributed by atoms with Crippen LogP contribution in [0.5, 0.6) is 0 Å². The van der Waals surface area contributed by atoms with E-state index in [1.807, 2.05) is 18.0 Å². The average molecular weight is 327 g/mol. The Bertz CT molecular complexity index is 636. The maximum Gasteiger partial charge on any atom is 0.224 e. The van der Waals surface area contributed by atoms with E-state index in [9.17, 15) is 4.79 Å². The Morgan fingerprint density at radius 3 is 2.88 bits per heavy atom. The number of amides is 1. The Labute approximate surface area is 145 Å². The topological polar surface area (TPSA) is 35.6 Å². The number of carbonyl (C=O) groups is 1. The average Bonchev–Trinajstić information content (AvgIpc) is 2.56. The summed E-state index contributed by atoms with van der Waals surface area (Å²) in [6.45, 7) is 9.60. The number of hydrogen-bond acceptors (Lipinski definition) is 3. The van der Waals surface area contributed by atoms with Crippen LogP contribution in [0.1, 0.15) is 31.4 Å². The first-order chi connectivity index (χ1) is 11.5. The Hall–Kier alpha value is -2.07. The zero-order chi connectivity index (χ0) is 17.7. The number of hydrogen-bond donors (Lipinski definition) is 1. The van der Waals surface area contributed by atoms with Crippen molar-refractivity contribution >= 4 is 17.2 Å². The lowest BCUT2D eigenvalue weighted by Crippen LogP contribution is -2.40. The summed E-state index contributed by atoms with van der Waals surface area (Å²) in [7, 11) is 4.02. The van der Waals surface area contributed by atoms with Crippen LogP contribution in [0.2, 0.25) is 0 Å². The molecule has 0 unspecified atom stereocenters. The molecule has 130 valence electrons. The second kappa shape index (κ2) is 8.15. The van der Waals surface area contributed by atoms with Gasteiger partial charge in [0.2, 0.25) is 5.91 Å². The molecule has 1 aromatic rings. The number of fused-ring (bicyclic) bond motifs is 1. The highest BCUT2D eigenvalue weighted by Gasteiger charge is 2.26. The zero-order valence-corrected chi connectivity index (χ0v) is 15.3. The molecule has 0 aromatic heterocycles. The van der Waals surface area contributed by atoms with Gasteiger partial charge in [-0.1, -0.05) is 18.7 Å². The van der Waals surface area contributed by atoms with E-state index in [2.05, 4.69) is 55.2 Å². The maximum absolute atomic E-state index is 12.0. The molecule has 0 bridgehead atoms. The highest BCUT2D eigenvalue weighted by molar-refractivity contribution is 5.94. The molecule has 1 aliphatic rings. The lowest BCUT2D eigenvalue weighted by Gasteiger charge is -2.35. The number of nitrogens with zero attached hydrogens (tertiary/aromatic N) is 2. The molecule has 0 saturated carbocycles. The number of nitrogens with one attached hydrogen (secondary N) is 1. The minimum atomic E-state index is 0.113. The molecule has 1 aromatic carbocycles. The van der Waals surface area contributed by atoms with Gasteiger partial charge < -0.3 is 15.1 Å². The summed E-state index contributed by atoms with van der Waals surface area (Å²) in [5, 5.41) is 3.16. The van der Waals surface area contributed by atoms with E-state index in [1.54, 1.807) is 6.92 Å². The molecular formula is C20H29N3O. The molecule has 24 heavy (non-hydrogen) atoms. The van der Waals surface area contributed by atoms with Crippen LogP contribution in [-0.4, -0.2) is 44.0 Å². The normalized spacial score (nSPS) is 17.4. The largest absolute Gasteiger partial charge is 0.379 e.